The van der Waals surface area contributed by atoms with E-state index < -0.39 is 0 Å². The third kappa shape index (κ3) is 4.29. The lowest BCUT2D eigenvalue weighted by atomic mass is 10.1. The van der Waals surface area contributed by atoms with Gasteiger partial charge in [-0.05, 0) is 19.1 Å². The highest BCUT2D eigenvalue weighted by atomic mass is 16.4. The molecular weight excluding hydrogens is 374 g/mol. The fourth-order valence-corrected chi connectivity index (χ4v) is 3.67. The van der Waals surface area contributed by atoms with Crippen LogP contribution in [0.1, 0.15) is 22.3 Å². The molecular formula is C25H25N3O2. The van der Waals surface area contributed by atoms with Crippen LogP contribution in [0.2, 0.25) is 0 Å². The molecule has 1 saturated heterocycles. The second kappa shape index (κ2) is 8.98. The van der Waals surface area contributed by atoms with Crippen LogP contribution < -0.4 is 0 Å². The summed E-state index contributed by atoms with van der Waals surface area (Å²) in [5.74, 6) is 3.84. The highest BCUT2D eigenvalue weighted by Crippen LogP contribution is 2.29. The zero-order valence-corrected chi connectivity index (χ0v) is 17.2. The van der Waals surface area contributed by atoms with Crippen LogP contribution in [0.5, 0.6) is 0 Å². The first-order chi connectivity index (χ1) is 14.7. The molecule has 1 aromatic heterocycles. The van der Waals surface area contributed by atoms with Crippen molar-refractivity contribution in [3.05, 3.63) is 65.9 Å². The number of terminal acetylenes is 1. The van der Waals surface area contributed by atoms with Crippen LogP contribution in [0, 0.1) is 19.3 Å². The van der Waals surface area contributed by atoms with Gasteiger partial charge in [0, 0.05) is 50.3 Å². The quantitative estimate of drug-likeness (QED) is 0.606. The van der Waals surface area contributed by atoms with Gasteiger partial charge < -0.3 is 9.32 Å². The SMILES string of the molecule is C#CCCN1CCN(C(=O)c2ccccc2-c2ncc(-c3ccc(C)cc3)o2)CC1. The summed E-state index contributed by atoms with van der Waals surface area (Å²) in [6.45, 7) is 5.99. The normalized spacial score (nSPS) is 14.5. The van der Waals surface area contributed by atoms with Crippen LogP contribution >= 0.6 is 0 Å². The lowest BCUT2D eigenvalue weighted by Gasteiger charge is -2.34. The summed E-state index contributed by atoms with van der Waals surface area (Å²) in [6, 6.07) is 15.6. The number of aromatic nitrogens is 1. The lowest BCUT2D eigenvalue weighted by molar-refractivity contribution is 0.0640. The van der Waals surface area contributed by atoms with E-state index in [1.54, 1.807) is 6.20 Å². The van der Waals surface area contributed by atoms with Crippen LogP contribution in [0.3, 0.4) is 0 Å². The van der Waals surface area contributed by atoms with E-state index in [1.165, 1.54) is 5.56 Å². The summed E-state index contributed by atoms with van der Waals surface area (Å²) in [7, 11) is 0. The minimum atomic E-state index is 0.0114. The molecule has 0 N–H and O–H groups in total. The third-order valence-corrected chi connectivity index (χ3v) is 5.46. The molecule has 0 spiro atoms. The molecule has 152 valence electrons. The Balaban J connectivity index is 1.53. The van der Waals surface area contributed by atoms with Crippen molar-refractivity contribution in [3.63, 3.8) is 0 Å². The molecule has 4 rings (SSSR count). The van der Waals surface area contributed by atoms with Crippen molar-refractivity contribution in [1.29, 1.82) is 0 Å². The van der Waals surface area contributed by atoms with Crippen molar-refractivity contribution < 1.29 is 9.21 Å². The predicted molar refractivity (Wildman–Crippen MR) is 118 cm³/mol. The molecule has 5 heteroatoms. The van der Waals surface area contributed by atoms with Gasteiger partial charge in [0.05, 0.1) is 11.8 Å². The molecule has 0 unspecified atom stereocenters. The van der Waals surface area contributed by atoms with E-state index in [2.05, 4.69) is 15.8 Å². The topological polar surface area (TPSA) is 49.6 Å². The first-order valence-electron chi connectivity index (χ1n) is 10.2. The molecule has 2 heterocycles. The zero-order valence-electron chi connectivity index (χ0n) is 17.2. The Kier molecular flexibility index (Phi) is 5.97. The first-order valence-corrected chi connectivity index (χ1v) is 10.2. The molecule has 0 saturated carbocycles. The van der Waals surface area contributed by atoms with Crippen LogP contribution in [0.4, 0.5) is 0 Å². The highest BCUT2D eigenvalue weighted by molar-refractivity contribution is 6.00. The van der Waals surface area contributed by atoms with Crippen LogP contribution in [-0.2, 0) is 0 Å². The highest BCUT2D eigenvalue weighted by Gasteiger charge is 2.25. The van der Waals surface area contributed by atoms with Gasteiger partial charge in [-0.25, -0.2) is 4.98 Å². The maximum Gasteiger partial charge on any atom is 0.254 e. The molecule has 30 heavy (non-hydrogen) atoms. The Morgan fingerprint density at radius 2 is 1.83 bits per heavy atom. The van der Waals surface area contributed by atoms with Crippen molar-refractivity contribution in [1.82, 2.24) is 14.8 Å². The average molecular weight is 399 g/mol. The Morgan fingerprint density at radius 3 is 2.57 bits per heavy atom. The van der Waals surface area contributed by atoms with E-state index in [0.29, 0.717) is 30.3 Å². The summed E-state index contributed by atoms with van der Waals surface area (Å²) in [6.07, 6.45) is 7.81. The van der Waals surface area contributed by atoms with Gasteiger partial charge in [-0.3, -0.25) is 9.69 Å². The molecule has 0 atom stereocenters. The molecule has 3 aromatic rings. The molecule has 5 nitrogen and oxygen atoms in total. The number of carbonyl (C=O) groups excluding carboxylic acids is 1. The number of amides is 1. The minimum Gasteiger partial charge on any atom is -0.436 e. The number of hydrogen-bond acceptors (Lipinski definition) is 4. The molecule has 1 aliphatic heterocycles. The van der Waals surface area contributed by atoms with Crippen LogP contribution in [0.25, 0.3) is 22.8 Å². The summed E-state index contributed by atoms with van der Waals surface area (Å²) in [5, 5.41) is 0. The zero-order chi connectivity index (χ0) is 20.9. The second-order valence-electron chi connectivity index (χ2n) is 7.53. The number of benzene rings is 2. The van der Waals surface area contributed by atoms with E-state index in [1.807, 2.05) is 60.4 Å². The molecule has 0 bridgehead atoms. The average Bonchev–Trinajstić information content (AvgIpc) is 3.28. The Bertz CT molecular complexity index is 1050. The maximum absolute atomic E-state index is 13.2. The molecule has 2 aromatic carbocycles. The molecule has 0 radical (unpaired) electrons. The number of hydrogen-bond donors (Lipinski definition) is 0. The van der Waals surface area contributed by atoms with E-state index in [-0.39, 0.29) is 5.91 Å². The standard InChI is InChI=1S/C25H25N3O2/c1-3-4-13-27-14-16-28(17-15-27)25(29)22-8-6-5-7-21(22)24-26-18-23(30-24)20-11-9-19(2)10-12-20/h1,5-12,18H,4,13-17H2,2H3. The lowest BCUT2D eigenvalue weighted by Crippen LogP contribution is -2.48. The molecule has 0 aliphatic carbocycles. The first kappa shape index (κ1) is 19.9. The van der Waals surface area contributed by atoms with Gasteiger partial charge in [0.1, 0.15) is 0 Å². The monoisotopic (exact) mass is 399 g/mol. The Labute approximate surface area is 177 Å². The van der Waals surface area contributed by atoms with E-state index in [9.17, 15) is 4.79 Å². The smallest absolute Gasteiger partial charge is 0.254 e. The van der Waals surface area contributed by atoms with Crippen molar-refractivity contribution in [2.24, 2.45) is 0 Å². The number of aryl methyl sites for hydroxylation is 1. The van der Waals surface area contributed by atoms with Gasteiger partial charge in [-0.1, -0.05) is 42.0 Å². The summed E-state index contributed by atoms with van der Waals surface area (Å²) in [4.78, 5) is 21.9. The molecule has 1 fully saturated rings. The Hall–Kier alpha value is -3.36. The van der Waals surface area contributed by atoms with Gasteiger partial charge in [-0.15, -0.1) is 12.3 Å². The molecule has 1 amide bonds. The summed E-state index contributed by atoms with van der Waals surface area (Å²) >= 11 is 0. The van der Waals surface area contributed by atoms with E-state index >= 15 is 0 Å². The second-order valence-corrected chi connectivity index (χ2v) is 7.53. The van der Waals surface area contributed by atoms with E-state index in [0.717, 1.165) is 37.2 Å². The number of carbonyl (C=O) groups is 1. The van der Waals surface area contributed by atoms with Gasteiger partial charge in [0.2, 0.25) is 5.89 Å². The Morgan fingerprint density at radius 1 is 1.10 bits per heavy atom. The summed E-state index contributed by atoms with van der Waals surface area (Å²) in [5.41, 5.74) is 3.49. The fraction of sp³-hybridized carbons (Fsp3) is 0.280. The van der Waals surface area contributed by atoms with Gasteiger partial charge in [-0.2, -0.15) is 0 Å². The number of rotatable bonds is 5. The van der Waals surface area contributed by atoms with Crippen LogP contribution in [-0.4, -0.2) is 53.4 Å². The summed E-state index contributed by atoms with van der Waals surface area (Å²) < 4.78 is 6.03. The number of nitrogens with zero attached hydrogens (tertiary/aromatic N) is 3. The van der Waals surface area contributed by atoms with Crippen molar-refractivity contribution in [2.75, 3.05) is 32.7 Å². The molecule has 1 aliphatic rings. The predicted octanol–water partition coefficient (Wildman–Crippen LogP) is 4.10. The largest absolute Gasteiger partial charge is 0.436 e. The van der Waals surface area contributed by atoms with Gasteiger partial charge in [0.15, 0.2) is 5.76 Å². The van der Waals surface area contributed by atoms with Crippen LogP contribution in [0.15, 0.2) is 59.1 Å². The third-order valence-electron chi connectivity index (χ3n) is 5.46. The van der Waals surface area contributed by atoms with Gasteiger partial charge in [0.25, 0.3) is 5.91 Å². The van der Waals surface area contributed by atoms with E-state index in [4.69, 9.17) is 10.8 Å². The van der Waals surface area contributed by atoms with Crippen molar-refractivity contribution in [3.8, 4) is 35.1 Å². The number of oxazole rings is 1. The maximum atomic E-state index is 13.2. The number of piperazine rings is 1. The van der Waals surface area contributed by atoms with Crippen molar-refractivity contribution >= 4 is 5.91 Å². The fourth-order valence-electron chi connectivity index (χ4n) is 3.67. The minimum absolute atomic E-state index is 0.0114. The van der Waals surface area contributed by atoms with Gasteiger partial charge >= 0.3 is 0 Å². The van der Waals surface area contributed by atoms with Crippen molar-refractivity contribution in [2.45, 2.75) is 13.3 Å².